The fourth-order valence-electron chi connectivity index (χ4n) is 4.42. The molecule has 3 heterocycles. The van der Waals surface area contributed by atoms with Gasteiger partial charge in [0.2, 0.25) is 11.8 Å². The van der Waals surface area contributed by atoms with Gasteiger partial charge in [0.25, 0.3) is 0 Å². The third-order valence-electron chi connectivity index (χ3n) is 5.93. The number of nitrogens with zero attached hydrogens (tertiary/aromatic N) is 3. The summed E-state index contributed by atoms with van der Waals surface area (Å²) in [7, 11) is 1.34. The van der Waals surface area contributed by atoms with Crippen molar-refractivity contribution in [2.75, 3.05) is 31.6 Å². The van der Waals surface area contributed by atoms with E-state index in [-0.39, 0.29) is 43.3 Å². The summed E-state index contributed by atoms with van der Waals surface area (Å²) in [6, 6.07) is 0.460. The van der Waals surface area contributed by atoms with Gasteiger partial charge in [0.1, 0.15) is 11.6 Å². The van der Waals surface area contributed by atoms with Crippen LogP contribution in [0.5, 0.6) is 5.88 Å². The van der Waals surface area contributed by atoms with E-state index in [1.165, 1.54) is 23.0 Å². The summed E-state index contributed by atoms with van der Waals surface area (Å²) in [5.41, 5.74) is -0.420. The molecule has 1 aromatic rings. The zero-order valence-electron chi connectivity index (χ0n) is 20.4. The molecule has 2 atom stereocenters. The molecule has 2 unspecified atom stereocenters. The first kappa shape index (κ1) is 26.8. The number of likely N-dealkylation sites (tertiary alicyclic amines) is 1. The number of carbonyl (C=O) groups excluding carboxylic acids is 2. The molecule has 2 aliphatic rings. The molecule has 0 spiro atoms. The van der Waals surface area contributed by atoms with Crippen molar-refractivity contribution in [1.82, 2.24) is 15.2 Å². The van der Waals surface area contributed by atoms with Gasteiger partial charge in [-0.05, 0) is 52.0 Å². The Bertz CT molecular complexity index is 935. The molecule has 0 aromatic carbocycles. The van der Waals surface area contributed by atoms with Crippen LogP contribution in [0.1, 0.15) is 52.0 Å². The van der Waals surface area contributed by atoms with Gasteiger partial charge < -0.3 is 19.7 Å². The lowest BCUT2D eigenvalue weighted by Gasteiger charge is -2.28. The Morgan fingerprint density at radius 1 is 1.20 bits per heavy atom. The van der Waals surface area contributed by atoms with Crippen LogP contribution in [0, 0.1) is 11.7 Å². The molecule has 2 aliphatic heterocycles. The highest BCUT2D eigenvalue weighted by Gasteiger charge is 2.38. The van der Waals surface area contributed by atoms with Crippen LogP contribution in [-0.4, -0.2) is 66.4 Å². The van der Waals surface area contributed by atoms with Crippen LogP contribution in [0.3, 0.4) is 0 Å². The number of nitrogens with one attached hydrogen (secondary N) is 1. The predicted octanol–water partition coefficient (Wildman–Crippen LogP) is 4.02. The van der Waals surface area contributed by atoms with Gasteiger partial charge in [-0.3, -0.25) is 9.69 Å². The van der Waals surface area contributed by atoms with Crippen LogP contribution in [0.2, 0.25) is 0 Å². The molecule has 3 rings (SSSR count). The molecule has 12 heteroatoms. The van der Waals surface area contributed by atoms with Crippen molar-refractivity contribution in [3.63, 3.8) is 0 Å². The van der Waals surface area contributed by atoms with Gasteiger partial charge in [-0.1, -0.05) is 0 Å². The molecular weight excluding hydrogens is 472 g/mol. The van der Waals surface area contributed by atoms with Gasteiger partial charge in [-0.25, -0.2) is 9.18 Å². The summed E-state index contributed by atoms with van der Waals surface area (Å²) in [5, 5.41) is 2.70. The number of carbonyl (C=O) groups is 2. The molecule has 8 nitrogen and oxygen atoms in total. The average Bonchev–Trinajstić information content (AvgIpc) is 3.39. The summed E-state index contributed by atoms with van der Waals surface area (Å²) in [6.07, 6.45) is -4.35. The molecule has 0 radical (unpaired) electrons. The third kappa shape index (κ3) is 7.11. The largest absolute Gasteiger partial charge is 0.481 e. The number of halogens is 4. The van der Waals surface area contributed by atoms with E-state index in [0.29, 0.717) is 19.4 Å². The van der Waals surface area contributed by atoms with Crippen LogP contribution >= 0.6 is 0 Å². The van der Waals surface area contributed by atoms with E-state index < -0.39 is 48.0 Å². The van der Waals surface area contributed by atoms with Crippen LogP contribution in [0.15, 0.2) is 6.07 Å². The standard InChI is InChI=1S/C23H32F4N4O4/c1-22(2,3)35-21(33)31-8-5-6-17(31)19(32)28-12-15-10-16(24)18(29-20(15)34-4)30-9-7-14(13-30)11-23(25,26)27/h10,14,17H,5-9,11-13H2,1-4H3,(H,28,32). The number of ether oxygens (including phenoxy) is 2. The lowest BCUT2D eigenvalue weighted by Crippen LogP contribution is -2.47. The number of amides is 2. The molecule has 0 saturated carbocycles. The summed E-state index contributed by atoms with van der Waals surface area (Å²) in [4.78, 5) is 32.3. The number of hydrogen-bond acceptors (Lipinski definition) is 6. The number of pyridine rings is 1. The van der Waals surface area contributed by atoms with Crippen LogP contribution in [0.4, 0.5) is 28.2 Å². The average molecular weight is 505 g/mol. The molecular formula is C23H32F4N4O4. The first-order valence-electron chi connectivity index (χ1n) is 11.6. The zero-order chi connectivity index (χ0) is 26.0. The van der Waals surface area contributed by atoms with Crippen molar-refractivity contribution in [3.8, 4) is 5.88 Å². The second kappa shape index (κ2) is 10.4. The first-order chi connectivity index (χ1) is 16.3. The topological polar surface area (TPSA) is 84.0 Å². The Balaban J connectivity index is 1.65. The number of hydrogen-bond donors (Lipinski definition) is 1. The number of methoxy groups -OCH3 is 1. The Kier molecular flexibility index (Phi) is 8.00. The molecule has 2 fully saturated rings. The summed E-state index contributed by atoms with van der Waals surface area (Å²) >= 11 is 0. The van der Waals surface area contributed by atoms with E-state index in [1.54, 1.807) is 20.8 Å². The fourth-order valence-corrected chi connectivity index (χ4v) is 4.42. The summed E-state index contributed by atoms with van der Waals surface area (Å²) in [6.45, 7) is 5.83. The number of aromatic nitrogens is 1. The maximum Gasteiger partial charge on any atom is 0.410 e. The highest BCUT2D eigenvalue weighted by molar-refractivity contribution is 5.86. The molecule has 2 saturated heterocycles. The van der Waals surface area contributed by atoms with Crippen molar-refractivity contribution in [1.29, 1.82) is 0 Å². The SMILES string of the molecule is COc1nc(N2CCC(CC(F)(F)F)C2)c(F)cc1CNC(=O)C1CCCN1C(=O)OC(C)(C)C. The Labute approximate surface area is 201 Å². The predicted molar refractivity (Wildman–Crippen MR) is 120 cm³/mol. The second-order valence-corrected chi connectivity index (χ2v) is 9.93. The van der Waals surface area contributed by atoms with E-state index in [2.05, 4.69) is 10.3 Å². The number of rotatable bonds is 6. The van der Waals surface area contributed by atoms with Crippen molar-refractivity contribution < 1.29 is 36.6 Å². The van der Waals surface area contributed by atoms with Crippen LogP contribution in [-0.2, 0) is 16.1 Å². The fraction of sp³-hybridized carbons (Fsp3) is 0.696. The van der Waals surface area contributed by atoms with Gasteiger partial charge in [0.15, 0.2) is 11.6 Å². The number of anilines is 1. The van der Waals surface area contributed by atoms with Crippen molar-refractivity contribution in [2.45, 2.75) is 70.8 Å². The number of alkyl halides is 3. The lowest BCUT2D eigenvalue weighted by molar-refractivity contribution is -0.142. The summed E-state index contributed by atoms with van der Waals surface area (Å²) < 4.78 is 63.6. The van der Waals surface area contributed by atoms with Gasteiger partial charge in [-0.2, -0.15) is 18.2 Å². The van der Waals surface area contributed by atoms with E-state index >= 15 is 0 Å². The molecule has 1 aromatic heterocycles. The van der Waals surface area contributed by atoms with Crippen molar-refractivity contribution in [3.05, 3.63) is 17.4 Å². The highest BCUT2D eigenvalue weighted by atomic mass is 19.4. The first-order valence-corrected chi connectivity index (χ1v) is 11.6. The highest BCUT2D eigenvalue weighted by Crippen LogP contribution is 2.34. The maximum atomic E-state index is 14.9. The minimum atomic E-state index is -4.27. The Morgan fingerprint density at radius 3 is 2.54 bits per heavy atom. The van der Waals surface area contributed by atoms with Gasteiger partial charge >= 0.3 is 12.3 Å². The van der Waals surface area contributed by atoms with Crippen molar-refractivity contribution in [2.24, 2.45) is 5.92 Å². The van der Waals surface area contributed by atoms with Crippen molar-refractivity contribution >= 4 is 17.8 Å². The smallest absolute Gasteiger partial charge is 0.410 e. The quantitative estimate of drug-likeness (QED) is 0.590. The maximum absolute atomic E-state index is 14.9. The molecule has 0 aliphatic carbocycles. The normalized spacial score (nSPS) is 20.8. The van der Waals surface area contributed by atoms with Gasteiger partial charge in [0.05, 0.1) is 7.11 Å². The van der Waals surface area contributed by atoms with E-state index in [1.807, 2.05) is 0 Å². The van der Waals surface area contributed by atoms with Crippen LogP contribution in [0.25, 0.3) is 0 Å². The lowest BCUT2D eigenvalue weighted by atomic mass is 10.1. The molecule has 2 amide bonds. The zero-order valence-corrected chi connectivity index (χ0v) is 20.4. The third-order valence-corrected chi connectivity index (χ3v) is 5.93. The molecule has 0 bridgehead atoms. The van der Waals surface area contributed by atoms with Crippen LogP contribution < -0.4 is 15.0 Å². The van der Waals surface area contributed by atoms with E-state index in [9.17, 15) is 27.2 Å². The second-order valence-electron chi connectivity index (χ2n) is 9.93. The monoisotopic (exact) mass is 504 g/mol. The summed E-state index contributed by atoms with van der Waals surface area (Å²) in [5.74, 6) is -1.75. The van der Waals surface area contributed by atoms with E-state index in [4.69, 9.17) is 9.47 Å². The van der Waals surface area contributed by atoms with Gasteiger partial charge in [-0.15, -0.1) is 0 Å². The minimum absolute atomic E-state index is 0.0465. The Morgan fingerprint density at radius 2 is 1.91 bits per heavy atom. The molecule has 35 heavy (non-hydrogen) atoms. The Hall–Kier alpha value is -2.79. The minimum Gasteiger partial charge on any atom is -0.481 e. The molecule has 196 valence electrons. The van der Waals surface area contributed by atoms with E-state index in [0.717, 1.165) is 0 Å². The molecule has 1 N–H and O–H groups in total. The van der Waals surface area contributed by atoms with Gasteiger partial charge in [0, 0.05) is 38.2 Å².